The van der Waals surface area contributed by atoms with Crippen molar-refractivity contribution in [1.29, 1.82) is 0 Å². The van der Waals surface area contributed by atoms with Crippen LogP contribution in [0.25, 0.3) is 0 Å². The fourth-order valence-corrected chi connectivity index (χ4v) is 1.99. The smallest absolute Gasteiger partial charge is 0.422 e. The molecule has 118 valence electrons. The Balaban J connectivity index is 4.93. The van der Waals surface area contributed by atoms with Gasteiger partial charge in [0.25, 0.3) is 0 Å². The zero-order chi connectivity index (χ0) is 16.2. The Morgan fingerprint density at radius 1 is 1.05 bits per heavy atom. The molecule has 0 saturated heterocycles. The van der Waals surface area contributed by atoms with E-state index in [1.807, 2.05) is 0 Å². The number of hydrogen-bond donors (Lipinski definition) is 0. The Morgan fingerprint density at radius 2 is 1.55 bits per heavy atom. The Kier molecular flexibility index (Phi) is 6.04. The highest BCUT2D eigenvalue weighted by Gasteiger charge is 2.43. The zero-order valence-corrected chi connectivity index (χ0v) is 12.4. The number of halogens is 3. The lowest BCUT2D eigenvalue weighted by molar-refractivity contribution is -0.194. The van der Waals surface area contributed by atoms with Crippen molar-refractivity contribution >= 4 is 11.9 Å². The molecule has 0 aromatic heterocycles. The van der Waals surface area contributed by atoms with Crippen LogP contribution < -0.4 is 0 Å². The summed E-state index contributed by atoms with van der Waals surface area (Å²) in [6.45, 7) is 4.66. The van der Waals surface area contributed by atoms with E-state index in [2.05, 4.69) is 9.47 Å². The molecule has 7 heteroatoms. The van der Waals surface area contributed by atoms with Crippen LogP contribution in [-0.2, 0) is 19.1 Å². The molecule has 0 radical (unpaired) electrons. The van der Waals surface area contributed by atoms with Crippen LogP contribution >= 0.6 is 0 Å². The topological polar surface area (TPSA) is 52.6 Å². The van der Waals surface area contributed by atoms with Gasteiger partial charge in [-0.1, -0.05) is 6.92 Å². The van der Waals surface area contributed by atoms with Crippen LogP contribution in [0.4, 0.5) is 13.2 Å². The second-order valence-corrected chi connectivity index (χ2v) is 5.66. The summed E-state index contributed by atoms with van der Waals surface area (Å²) in [4.78, 5) is 23.5. The van der Waals surface area contributed by atoms with Gasteiger partial charge in [0, 0.05) is 0 Å². The summed E-state index contributed by atoms with van der Waals surface area (Å²) in [7, 11) is 1.22. The summed E-state index contributed by atoms with van der Waals surface area (Å²) < 4.78 is 45.2. The molecule has 0 bridgehead atoms. The maximum absolute atomic E-state index is 12.1. The third kappa shape index (κ3) is 5.38. The van der Waals surface area contributed by atoms with Crippen molar-refractivity contribution in [2.24, 2.45) is 10.8 Å². The minimum Gasteiger partial charge on any atom is -0.469 e. The largest absolute Gasteiger partial charge is 0.469 e. The molecule has 0 rings (SSSR count). The normalized spacial score (nSPS) is 15.4. The fraction of sp³-hybridized carbons (Fsp3) is 0.846. The SMILES string of the molecule is CCC(C)(CC(C)(C)C(=O)OC)C(=O)OCC(F)(F)F. The maximum atomic E-state index is 12.1. The average molecular weight is 298 g/mol. The Labute approximate surface area is 116 Å². The van der Waals surface area contributed by atoms with E-state index in [-0.39, 0.29) is 12.8 Å². The molecule has 0 aliphatic rings. The number of hydrogen-bond acceptors (Lipinski definition) is 4. The van der Waals surface area contributed by atoms with Crippen molar-refractivity contribution in [2.75, 3.05) is 13.7 Å². The molecule has 0 aromatic carbocycles. The van der Waals surface area contributed by atoms with Crippen LogP contribution in [-0.4, -0.2) is 31.8 Å². The Morgan fingerprint density at radius 3 is 1.90 bits per heavy atom. The van der Waals surface area contributed by atoms with E-state index in [4.69, 9.17) is 0 Å². The molecule has 1 unspecified atom stereocenters. The van der Waals surface area contributed by atoms with Crippen molar-refractivity contribution in [3.8, 4) is 0 Å². The maximum Gasteiger partial charge on any atom is 0.422 e. The zero-order valence-electron chi connectivity index (χ0n) is 12.4. The average Bonchev–Trinajstić information content (AvgIpc) is 2.32. The number of carbonyl (C=O) groups is 2. The van der Waals surface area contributed by atoms with Gasteiger partial charge in [-0.3, -0.25) is 9.59 Å². The quantitative estimate of drug-likeness (QED) is 0.707. The van der Waals surface area contributed by atoms with E-state index in [0.29, 0.717) is 0 Å². The molecule has 1 atom stereocenters. The lowest BCUT2D eigenvalue weighted by atomic mass is 9.72. The number of rotatable bonds is 6. The molecule has 0 aliphatic heterocycles. The highest BCUT2D eigenvalue weighted by Crippen LogP contribution is 2.38. The Bertz CT molecular complexity index is 363. The highest BCUT2D eigenvalue weighted by molar-refractivity contribution is 5.80. The fourth-order valence-electron chi connectivity index (χ4n) is 1.99. The first kappa shape index (κ1) is 18.7. The molecule has 0 spiro atoms. The number of esters is 2. The van der Waals surface area contributed by atoms with Crippen molar-refractivity contribution in [1.82, 2.24) is 0 Å². The molecule has 20 heavy (non-hydrogen) atoms. The van der Waals surface area contributed by atoms with Gasteiger partial charge in [-0.25, -0.2) is 0 Å². The summed E-state index contributed by atoms with van der Waals surface area (Å²) >= 11 is 0. The van der Waals surface area contributed by atoms with E-state index in [9.17, 15) is 22.8 Å². The predicted molar refractivity (Wildman–Crippen MR) is 65.8 cm³/mol. The summed E-state index contributed by atoms with van der Waals surface area (Å²) in [5, 5.41) is 0. The number of methoxy groups -OCH3 is 1. The van der Waals surface area contributed by atoms with Crippen LogP contribution in [0.2, 0.25) is 0 Å². The van der Waals surface area contributed by atoms with Crippen LogP contribution in [0.1, 0.15) is 40.5 Å². The first-order valence-electron chi connectivity index (χ1n) is 6.20. The van der Waals surface area contributed by atoms with Gasteiger partial charge in [0.05, 0.1) is 17.9 Å². The number of ether oxygens (including phenoxy) is 2. The molecular formula is C13H21F3O4. The van der Waals surface area contributed by atoms with Crippen LogP contribution in [0.3, 0.4) is 0 Å². The van der Waals surface area contributed by atoms with Gasteiger partial charge in [0.15, 0.2) is 6.61 Å². The van der Waals surface area contributed by atoms with Crippen molar-refractivity contribution in [3.63, 3.8) is 0 Å². The second-order valence-electron chi connectivity index (χ2n) is 5.66. The van der Waals surface area contributed by atoms with Crippen LogP contribution in [0, 0.1) is 10.8 Å². The lowest BCUT2D eigenvalue weighted by Gasteiger charge is -2.33. The number of carbonyl (C=O) groups excluding carboxylic acids is 2. The van der Waals surface area contributed by atoms with Crippen molar-refractivity contribution < 1.29 is 32.2 Å². The summed E-state index contributed by atoms with van der Waals surface area (Å²) in [6.07, 6.45) is -4.27. The third-order valence-corrected chi connectivity index (χ3v) is 3.21. The van der Waals surface area contributed by atoms with E-state index in [1.54, 1.807) is 20.8 Å². The third-order valence-electron chi connectivity index (χ3n) is 3.21. The van der Waals surface area contributed by atoms with Crippen molar-refractivity contribution in [3.05, 3.63) is 0 Å². The van der Waals surface area contributed by atoms with Crippen LogP contribution in [0.5, 0.6) is 0 Å². The summed E-state index contributed by atoms with van der Waals surface area (Å²) in [5.41, 5.74) is -2.17. The van der Waals surface area contributed by atoms with Gasteiger partial charge in [-0.05, 0) is 33.6 Å². The lowest BCUT2D eigenvalue weighted by Crippen LogP contribution is -2.39. The molecule has 4 nitrogen and oxygen atoms in total. The first-order chi connectivity index (χ1) is 8.88. The molecular weight excluding hydrogens is 277 g/mol. The first-order valence-corrected chi connectivity index (χ1v) is 6.20. The standard InChI is InChI=1S/C13H21F3O4/c1-6-12(4,7-11(2,3)9(17)19-5)10(18)20-8-13(14,15)16/h6-8H2,1-5H3. The predicted octanol–water partition coefficient (Wildman–Crippen LogP) is 3.10. The van der Waals surface area contributed by atoms with E-state index in [1.165, 1.54) is 14.0 Å². The van der Waals surface area contributed by atoms with Gasteiger partial charge < -0.3 is 9.47 Å². The molecule has 0 N–H and O–H groups in total. The highest BCUT2D eigenvalue weighted by atomic mass is 19.4. The number of alkyl halides is 3. The van der Waals surface area contributed by atoms with Crippen molar-refractivity contribution in [2.45, 2.75) is 46.7 Å². The van der Waals surface area contributed by atoms with E-state index in [0.717, 1.165) is 0 Å². The van der Waals surface area contributed by atoms with Gasteiger partial charge in [-0.2, -0.15) is 13.2 Å². The second kappa shape index (κ2) is 6.45. The van der Waals surface area contributed by atoms with Gasteiger partial charge in [-0.15, -0.1) is 0 Å². The Hall–Kier alpha value is -1.27. The molecule has 0 aliphatic carbocycles. The summed E-state index contributed by atoms with van der Waals surface area (Å²) in [5.74, 6) is -1.49. The van der Waals surface area contributed by atoms with Gasteiger partial charge >= 0.3 is 18.1 Å². The monoisotopic (exact) mass is 298 g/mol. The molecule has 0 saturated carbocycles. The minimum atomic E-state index is -4.57. The summed E-state index contributed by atoms with van der Waals surface area (Å²) in [6, 6.07) is 0. The van der Waals surface area contributed by atoms with E-state index >= 15 is 0 Å². The molecule has 0 amide bonds. The van der Waals surface area contributed by atoms with Gasteiger partial charge in [0.2, 0.25) is 0 Å². The molecule has 0 fully saturated rings. The molecule has 0 aromatic rings. The molecule has 0 heterocycles. The van der Waals surface area contributed by atoms with E-state index < -0.39 is 35.6 Å². The van der Waals surface area contributed by atoms with Crippen LogP contribution in [0.15, 0.2) is 0 Å². The minimum absolute atomic E-state index is 0.0415. The van der Waals surface area contributed by atoms with Gasteiger partial charge in [0.1, 0.15) is 0 Å².